The topological polar surface area (TPSA) is 0 Å². The average molecular weight is 490 g/mol. The molecular formula is C30H21ClGe. The van der Waals surface area contributed by atoms with Crippen molar-refractivity contribution in [2.75, 3.05) is 0 Å². The zero-order valence-corrected chi connectivity index (χ0v) is 20.4. The maximum absolute atomic E-state index is 8.14. The molecule has 152 valence electrons. The summed E-state index contributed by atoms with van der Waals surface area (Å²) < 4.78 is 3.87. The summed E-state index contributed by atoms with van der Waals surface area (Å²) in [6.45, 7) is 0. The van der Waals surface area contributed by atoms with E-state index in [9.17, 15) is 0 Å². The van der Waals surface area contributed by atoms with Gasteiger partial charge in [0, 0.05) is 0 Å². The normalized spacial score (nSPS) is 11.9. The molecule has 0 amide bonds. The number of hydrogen-bond donors (Lipinski definition) is 0. The van der Waals surface area contributed by atoms with Crippen LogP contribution in [0.25, 0.3) is 32.3 Å². The second-order valence-electron chi connectivity index (χ2n) is 8.24. The Hall–Kier alpha value is -3.07. The molecule has 0 fully saturated rings. The number of hydrogen-bond acceptors (Lipinski definition) is 0. The fraction of sp³-hybridized carbons (Fsp3) is 0. The Morgan fingerprint density at radius 2 is 0.625 bits per heavy atom. The van der Waals surface area contributed by atoms with Crippen molar-refractivity contribution in [2.24, 2.45) is 0 Å². The Bertz CT molecular complexity index is 1390. The van der Waals surface area contributed by atoms with Crippen LogP contribution in [0.5, 0.6) is 0 Å². The van der Waals surface area contributed by atoms with E-state index in [2.05, 4.69) is 127 Å². The van der Waals surface area contributed by atoms with Crippen molar-refractivity contribution in [3.05, 3.63) is 127 Å². The summed E-state index contributed by atoms with van der Waals surface area (Å²) >= 11 is -3.61. The van der Waals surface area contributed by atoms with E-state index in [0.717, 1.165) is 0 Å². The van der Waals surface area contributed by atoms with Gasteiger partial charge in [0.15, 0.2) is 0 Å². The van der Waals surface area contributed by atoms with Gasteiger partial charge in [-0.15, -0.1) is 0 Å². The first-order valence-corrected chi connectivity index (χ1v) is 16.8. The minimum absolute atomic E-state index is 1.24. The van der Waals surface area contributed by atoms with Crippen molar-refractivity contribution >= 4 is 67.9 Å². The molecular weight excluding hydrogens is 468 g/mol. The van der Waals surface area contributed by atoms with Gasteiger partial charge in [-0.1, -0.05) is 0 Å². The van der Waals surface area contributed by atoms with E-state index >= 15 is 0 Å². The third kappa shape index (κ3) is 2.98. The Morgan fingerprint density at radius 1 is 0.344 bits per heavy atom. The number of halogens is 1. The SMILES string of the molecule is [Cl][Ge]([c]1cccc2ccccc12)([c]1cccc2ccccc12)[c]1cccc2ccccc12. The molecule has 0 aromatic heterocycles. The molecule has 0 spiro atoms. The van der Waals surface area contributed by atoms with E-state index in [1.165, 1.54) is 45.5 Å². The number of fused-ring (bicyclic) bond motifs is 3. The fourth-order valence-electron chi connectivity index (χ4n) is 5.01. The van der Waals surface area contributed by atoms with Crippen molar-refractivity contribution < 1.29 is 0 Å². The molecule has 0 radical (unpaired) electrons. The van der Waals surface area contributed by atoms with Crippen LogP contribution in [0.15, 0.2) is 127 Å². The Kier molecular flexibility index (Phi) is 4.79. The van der Waals surface area contributed by atoms with Crippen molar-refractivity contribution in [1.29, 1.82) is 0 Å². The van der Waals surface area contributed by atoms with Crippen molar-refractivity contribution in [1.82, 2.24) is 0 Å². The van der Waals surface area contributed by atoms with Crippen LogP contribution in [0.3, 0.4) is 0 Å². The minimum atomic E-state index is -3.61. The molecule has 0 nitrogen and oxygen atoms in total. The Morgan fingerprint density at radius 3 is 0.969 bits per heavy atom. The summed E-state index contributed by atoms with van der Waals surface area (Å²) in [6, 6.07) is 45.7. The zero-order valence-electron chi connectivity index (χ0n) is 17.5. The van der Waals surface area contributed by atoms with Crippen LogP contribution in [0.1, 0.15) is 0 Å². The molecule has 0 saturated heterocycles. The van der Waals surface area contributed by atoms with Gasteiger partial charge in [0.05, 0.1) is 0 Å². The van der Waals surface area contributed by atoms with Gasteiger partial charge in [-0.05, 0) is 0 Å². The first kappa shape index (κ1) is 19.6. The quantitative estimate of drug-likeness (QED) is 0.254. The zero-order chi connectivity index (χ0) is 21.5. The van der Waals surface area contributed by atoms with E-state index in [-0.39, 0.29) is 0 Å². The molecule has 6 aromatic rings. The third-order valence-corrected chi connectivity index (χ3v) is 17.1. The molecule has 32 heavy (non-hydrogen) atoms. The van der Waals surface area contributed by atoms with Crippen molar-refractivity contribution in [2.45, 2.75) is 0 Å². The van der Waals surface area contributed by atoms with Crippen molar-refractivity contribution in [3.8, 4) is 0 Å². The predicted molar refractivity (Wildman–Crippen MR) is 142 cm³/mol. The summed E-state index contributed by atoms with van der Waals surface area (Å²) in [4.78, 5) is 0. The molecule has 6 aromatic carbocycles. The van der Waals surface area contributed by atoms with E-state index in [0.29, 0.717) is 0 Å². The van der Waals surface area contributed by atoms with E-state index < -0.39 is 12.3 Å². The standard InChI is InChI=1S/C30H21ClGe/c31-32(28-19-7-13-22-10-1-4-16-25(22)28,29-20-8-14-23-11-2-5-17-26(23)29)30-21-9-15-24-12-3-6-18-27(24)30/h1-21H. The maximum atomic E-state index is 8.14. The van der Waals surface area contributed by atoms with Crippen LogP contribution in [0.4, 0.5) is 0 Å². The monoisotopic (exact) mass is 490 g/mol. The van der Waals surface area contributed by atoms with Crippen LogP contribution in [0, 0.1) is 0 Å². The van der Waals surface area contributed by atoms with Crippen LogP contribution >= 0.6 is 10.0 Å². The predicted octanol–water partition coefficient (Wildman–Crippen LogP) is 6.35. The molecule has 0 aliphatic carbocycles. The molecule has 0 saturated carbocycles. The fourth-order valence-corrected chi connectivity index (χ4v) is 15.2. The summed E-state index contributed by atoms with van der Waals surface area (Å²) in [5.41, 5.74) is 0. The summed E-state index contributed by atoms with van der Waals surface area (Å²) in [6.07, 6.45) is 0. The molecule has 0 aliphatic heterocycles. The molecule has 0 N–H and O–H groups in total. The van der Waals surface area contributed by atoms with Gasteiger partial charge in [-0.25, -0.2) is 0 Å². The van der Waals surface area contributed by atoms with Gasteiger partial charge in [-0.2, -0.15) is 0 Å². The summed E-state index contributed by atoms with van der Waals surface area (Å²) in [5.74, 6) is 0. The summed E-state index contributed by atoms with van der Waals surface area (Å²) in [5, 5.41) is 7.48. The number of benzene rings is 6. The molecule has 0 unspecified atom stereocenters. The first-order valence-electron chi connectivity index (χ1n) is 10.9. The molecule has 0 atom stereocenters. The van der Waals surface area contributed by atoms with Gasteiger partial charge in [0.1, 0.15) is 0 Å². The third-order valence-electron chi connectivity index (χ3n) is 6.48. The Labute approximate surface area is 194 Å². The number of rotatable bonds is 3. The van der Waals surface area contributed by atoms with Crippen LogP contribution in [0.2, 0.25) is 0 Å². The molecule has 0 heterocycles. The molecule has 0 bridgehead atoms. The van der Waals surface area contributed by atoms with E-state index in [1.807, 2.05) is 0 Å². The first-order chi connectivity index (χ1) is 15.8. The van der Waals surface area contributed by atoms with Gasteiger partial charge in [0.2, 0.25) is 0 Å². The van der Waals surface area contributed by atoms with E-state index in [4.69, 9.17) is 10.0 Å². The molecule has 2 heteroatoms. The van der Waals surface area contributed by atoms with Gasteiger partial charge in [-0.3, -0.25) is 0 Å². The van der Waals surface area contributed by atoms with Gasteiger partial charge >= 0.3 is 195 Å². The van der Waals surface area contributed by atoms with Crippen LogP contribution in [-0.4, -0.2) is 12.3 Å². The van der Waals surface area contributed by atoms with Gasteiger partial charge in [0.25, 0.3) is 0 Å². The van der Waals surface area contributed by atoms with Crippen molar-refractivity contribution in [3.63, 3.8) is 0 Å². The molecule has 0 aliphatic rings. The molecule has 6 rings (SSSR count). The van der Waals surface area contributed by atoms with Crippen LogP contribution in [-0.2, 0) is 0 Å². The Balaban J connectivity index is 1.81. The van der Waals surface area contributed by atoms with Crippen LogP contribution < -0.4 is 13.2 Å². The second kappa shape index (κ2) is 7.81. The second-order valence-corrected chi connectivity index (χ2v) is 17.3. The average Bonchev–Trinajstić information content (AvgIpc) is 2.87. The van der Waals surface area contributed by atoms with Gasteiger partial charge < -0.3 is 0 Å². The summed E-state index contributed by atoms with van der Waals surface area (Å²) in [7, 11) is 8.14. The van der Waals surface area contributed by atoms with E-state index in [1.54, 1.807) is 0 Å².